The molecule has 0 saturated carbocycles. The average Bonchev–Trinajstić information content (AvgIpc) is 3.18. The van der Waals surface area contributed by atoms with E-state index in [1.54, 1.807) is 22.9 Å². The van der Waals surface area contributed by atoms with Crippen LogP contribution in [0.4, 0.5) is 13.2 Å². The molecule has 2 aromatic rings. The molecule has 1 N–H and O–H groups in total. The van der Waals surface area contributed by atoms with Crippen LogP contribution < -0.4 is 0 Å². The number of halogens is 3. The third-order valence-electron chi connectivity index (χ3n) is 4.95. The number of hydrogen-bond donors (Lipinski definition) is 1. The molecule has 1 aliphatic rings. The Hall–Kier alpha value is -2.84. The molecule has 1 fully saturated rings. The summed E-state index contributed by atoms with van der Waals surface area (Å²) in [5, 5.41) is 13.5. The number of carbonyl (C=O) groups excluding carboxylic acids is 1. The largest absolute Gasteiger partial charge is 0.481 e. The first-order valence-corrected chi connectivity index (χ1v) is 8.75. The van der Waals surface area contributed by atoms with Gasteiger partial charge >= 0.3 is 12.1 Å². The number of aromatic nitrogens is 2. The van der Waals surface area contributed by atoms with E-state index < -0.39 is 43.0 Å². The highest BCUT2D eigenvalue weighted by atomic mass is 19.4. The van der Waals surface area contributed by atoms with Gasteiger partial charge < -0.3 is 10.0 Å². The number of carboxylic acids is 1. The van der Waals surface area contributed by atoms with E-state index in [-0.39, 0.29) is 5.56 Å². The van der Waals surface area contributed by atoms with Gasteiger partial charge in [-0.05, 0) is 37.6 Å². The lowest BCUT2D eigenvalue weighted by atomic mass is 9.96. The number of benzene rings is 1. The molecule has 3 rings (SSSR count). The molecule has 28 heavy (non-hydrogen) atoms. The van der Waals surface area contributed by atoms with Gasteiger partial charge in [-0.1, -0.05) is 12.1 Å². The van der Waals surface area contributed by atoms with Gasteiger partial charge in [0, 0.05) is 24.3 Å². The van der Waals surface area contributed by atoms with Gasteiger partial charge in [-0.3, -0.25) is 14.3 Å². The summed E-state index contributed by atoms with van der Waals surface area (Å²) in [4.78, 5) is 24.9. The zero-order valence-electron chi connectivity index (χ0n) is 15.4. The number of aryl methyl sites for hydroxylation is 2. The number of hydrogen-bond acceptors (Lipinski definition) is 3. The summed E-state index contributed by atoms with van der Waals surface area (Å²) < 4.78 is 41.2. The fourth-order valence-corrected chi connectivity index (χ4v) is 3.54. The van der Waals surface area contributed by atoms with Crippen molar-refractivity contribution >= 4 is 11.9 Å². The Bertz CT molecular complexity index is 907. The fourth-order valence-electron chi connectivity index (χ4n) is 3.54. The highest BCUT2D eigenvalue weighted by Gasteiger charge is 2.53. The Morgan fingerprint density at radius 3 is 2.46 bits per heavy atom. The van der Waals surface area contributed by atoms with Crippen LogP contribution in [0.2, 0.25) is 0 Å². The molecule has 0 spiro atoms. The van der Waals surface area contributed by atoms with Gasteiger partial charge in [-0.2, -0.15) is 18.3 Å². The zero-order valence-corrected chi connectivity index (χ0v) is 15.4. The van der Waals surface area contributed by atoms with Gasteiger partial charge in [-0.15, -0.1) is 0 Å². The maximum Gasteiger partial charge on any atom is 0.394 e. The second-order valence-corrected chi connectivity index (χ2v) is 7.09. The summed E-state index contributed by atoms with van der Waals surface area (Å²) in [6.07, 6.45) is -4.67. The standard InChI is InChI=1S/C19H20F3N3O3/c1-11-6-12(2)25(23-11)8-13-4-3-5-14(7-13)17(26)24-9-15(18(27)28)16(10-24)19(20,21)22/h3-7,15-16H,8-10H2,1-2H3,(H,27,28)/t15-,16-/m1/s1. The lowest BCUT2D eigenvalue weighted by molar-refractivity contribution is -0.187. The number of likely N-dealkylation sites (tertiary alicyclic amines) is 1. The van der Waals surface area contributed by atoms with Gasteiger partial charge in [0.25, 0.3) is 5.91 Å². The van der Waals surface area contributed by atoms with Crippen LogP contribution in [0.1, 0.15) is 27.3 Å². The van der Waals surface area contributed by atoms with E-state index >= 15 is 0 Å². The summed E-state index contributed by atoms with van der Waals surface area (Å²) in [7, 11) is 0. The van der Waals surface area contributed by atoms with Crippen LogP contribution in [-0.2, 0) is 11.3 Å². The number of amides is 1. The number of nitrogens with zero attached hydrogens (tertiary/aromatic N) is 3. The van der Waals surface area contributed by atoms with Gasteiger partial charge in [-0.25, -0.2) is 0 Å². The molecule has 0 aliphatic carbocycles. The monoisotopic (exact) mass is 395 g/mol. The van der Waals surface area contributed by atoms with Crippen LogP contribution in [0.15, 0.2) is 30.3 Å². The molecule has 150 valence electrons. The van der Waals surface area contributed by atoms with Crippen LogP contribution in [0, 0.1) is 25.7 Å². The predicted molar refractivity (Wildman–Crippen MR) is 93.8 cm³/mol. The smallest absolute Gasteiger partial charge is 0.394 e. The third kappa shape index (κ3) is 4.02. The van der Waals surface area contributed by atoms with Crippen molar-refractivity contribution < 1.29 is 27.9 Å². The minimum atomic E-state index is -4.67. The van der Waals surface area contributed by atoms with Crippen molar-refractivity contribution in [1.82, 2.24) is 14.7 Å². The molecule has 0 unspecified atom stereocenters. The third-order valence-corrected chi connectivity index (χ3v) is 4.95. The SMILES string of the molecule is Cc1cc(C)n(Cc2cccc(C(=O)N3C[C@@H](C(F)(F)F)[C@H](C(=O)O)C3)c2)n1. The van der Waals surface area contributed by atoms with E-state index in [0.717, 1.165) is 21.9 Å². The lowest BCUT2D eigenvalue weighted by Gasteiger charge is -2.18. The van der Waals surface area contributed by atoms with Gasteiger partial charge in [0.1, 0.15) is 0 Å². The Kier molecular flexibility index (Phi) is 5.18. The molecule has 1 saturated heterocycles. The fraction of sp³-hybridized carbons (Fsp3) is 0.421. The summed E-state index contributed by atoms with van der Waals surface area (Å²) in [6.45, 7) is 3.08. The maximum absolute atomic E-state index is 13.1. The van der Waals surface area contributed by atoms with Crippen molar-refractivity contribution in [1.29, 1.82) is 0 Å². The van der Waals surface area contributed by atoms with Crippen molar-refractivity contribution in [3.8, 4) is 0 Å². The van der Waals surface area contributed by atoms with Crippen molar-refractivity contribution in [2.45, 2.75) is 26.6 Å². The Morgan fingerprint density at radius 2 is 1.93 bits per heavy atom. The van der Waals surface area contributed by atoms with Crippen molar-refractivity contribution in [3.63, 3.8) is 0 Å². The van der Waals surface area contributed by atoms with Gasteiger partial charge in [0.05, 0.1) is 24.1 Å². The normalized spacial score (nSPS) is 19.8. The van der Waals surface area contributed by atoms with Crippen LogP contribution in [0.3, 0.4) is 0 Å². The van der Waals surface area contributed by atoms with Crippen LogP contribution >= 0.6 is 0 Å². The van der Waals surface area contributed by atoms with E-state index in [9.17, 15) is 22.8 Å². The van der Waals surface area contributed by atoms with Crippen LogP contribution in [0.5, 0.6) is 0 Å². The second-order valence-electron chi connectivity index (χ2n) is 7.09. The first kappa shape index (κ1) is 19.9. The summed E-state index contributed by atoms with van der Waals surface area (Å²) >= 11 is 0. The number of rotatable bonds is 4. The molecule has 0 radical (unpaired) electrons. The molecule has 0 bridgehead atoms. The highest BCUT2D eigenvalue weighted by Crippen LogP contribution is 2.38. The Balaban J connectivity index is 1.79. The summed E-state index contributed by atoms with van der Waals surface area (Å²) in [6, 6.07) is 8.50. The molecule has 1 aliphatic heterocycles. The number of carboxylic acid groups (broad SMARTS) is 1. The maximum atomic E-state index is 13.1. The molecule has 6 nitrogen and oxygen atoms in total. The second kappa shape index (κ2) is 7.29. The predicted octanol–water partition coefficient (Wildman–Crippen LogP) is 2.88. The molecule has 9 heteroatoms. The molecule has 1 amide bonds. The Labute approximate surface area is 159 Å². The Morgan fingerprint density at radius 1 is 1.21 bits per heavy atom. The first-order chi connectivity index (χ1) is 13.1. The molecular formula is C19H20F3N3O3. The minimum Gasteiger partial charge on any atom is -0.481 e. The summed E-state index contributed by atoms with van der Waals surface area (Å²) in [5.41, 5.74) is 2.81. The first-order valence-electron chi connectivity index (χ1n) is 8.75. The topological polar surface area (TPSA) is 75.4 Å². The van der Waals surface area contributed by atoms with Crippen molar-refractivity contribution in [3.05, 3.63) is 52.8 Å². The highest BCUT2D eigenvalue weighted by molar-refractivity contribution is 5.95. The zero-order chi connectivity index (χ0) is 20.6. The number of alkyl halides is 3. The number of carbonyl (C=O) groups is 2. The molecular weight excluding hydrogens is 375 g/mol. The van der Waals surface area contributed by atoms with E-state index in [0.29, 0.717) is 6.54 Å². The van der Waals surface area contributed by atoms with Crippen molar-refractivity contribution in [2.24, 2.45) is 11.8 Å². The van der Waals surface area contributed by atoms with Gasteiger partial charge in [0.2, 0.25) is 0 Å². The number of aliphatic carboxylic acids is 1. The van der Waals surface area contributed by atoms with E-state index in [4.69, 9.17) is 5.11 Å². The quantitative estimate of drug-likeness (QED) is 0.864. The van der Waals surface area contributed by atoms with Crippen LogP contribution in [-0.4, -0.2) is 50.9 Å². The van der Waals surface area contributed by atoms with E-state index in [2.05, 4.69) is 5.10 Å². The van der Waals surface area contributed by atoms with Crippen LogP contribution in [0.25, 0.3) is 0 Å². The average molecular weight is 395 g/mol. The molecule has 2 atom stereocenters. The van der Waals surface area contributed by atoms with E-state index in [1.165, 1.54) is 6.07 Å². The van der Waals surface area contributed by atoms with Gasteiger partial charge in [0.15, 0.2) is 0 Å². The molecule has 1 aromatic heterocycles. The van der Waals surface area contributed by atoms with Crippen molar-refractivity contribution in [2.75, 3.05) is 13.1 Å². The molecule has 1 aromatic carbocycles. The molecule has 2 heterocycles. The summed E-state index contributed by atoms with van der Waals surface area (Å²) in [5.74, 6) is -5.86. The van der Waals surface area contributed by atoms with E-state index in [1.807, 2.05) is 19.9 Å². The minimum absolute atomic E-state index is 0.228. The lowest BCUT2D eigenvalue weighted by Crippen LogP contribution is -2.34.